The first kappa shape index (κ1) is 29.5. The van der Waals surface area contributed by atoms with Gasteiger partial charge in [-0.2, -0.15) is 18.2 Å². The maximum absolute atomic E-state index is 11.3. The van der Waals surface area contributed by atoms with Gasteiger partial charge in [0, 0.05) is 66.2 Å². The summed E-state index contributed by atoms with van der Waals surface area (Å²) in [5, 5.41) is -3.31. The Hall–Kier alpha value is -8.67. The number of aromatic nitrogens is 4. The Labute approximate surface area is 598 Å². The van der Waals surface area contributed by atoms with Crippen molar-refractivity contribution in [3.05, 3.63) is 283 Å². The predicted octanol–water partition coefficient (Wildman–Crippen LogP) is 17.0. The molecule has 3 fully saturated rings. The van der Waals surface area contributed by atoms with Crippen molar-refractivity contribution in [3.63, 3.8) is 0 Å². The van der Waals surface area contributed by atoms with Crippen molar-refractivity contribution >= 4 is 61.7 Å². The molecule has 3 aromatic heterocycles. The van der Waals surface area contributed by atoms with Crippen LogP contribution >= 0.6 is 0 Å². The number of hydrogen-bond acceptors (Lipinski definition) is 2. The molecule has 7 heteroatoms. The van der Waals surface area contributed by atoms with E-state index in [2.05, 4.69) is 39.2 Å². The summed E-state index contributed by atoms with van der Waals surface area (Å²) in [6.45, 7) is -12.0. The molecule has 0 amide bonds. The molecule has 5 nitrogen and oxygen atoms in total. The molecule has 2 bridgehead atoms. The molecule has 0 aliphatic heterocycles. The zero-order valence-corrected chi connectivity index (χ0v) is 51.4. The summed E-state index contributed by atoms with van der Waals surface area (Å²) in [6, 6.07) is 5.38. The van der Waals surface area contributed by atoms with Gasteiger partial charge in [0.25, 0.3) is 6.33 Å². The van der Waals surface area contributed by atoms with E-state index in [4.69, 9.17) is 22.1 Å². The van der Waals surface area contributed by atoms with Gasteiger partial charge < -0.3 is 13.9 Å². The van der Waals surface area contributed by atoms with Gasteiger partial charge in [-0.25, -0.2) is 4.98 Å². The molecule has 4 aliphatic carbocycles. The third kappa shape index (κ3) is 9.42. The molecular formula is C83H72N4OPtSi-2. The summed E-state index contributed by atoms with van der Waals surface area (Å²) >= 11 is 0. The summed E-state index contributed by atoms with van der Waals surface area (Å²) in [6.07, 6.45) is -3.89. The largest absolute Gasteiger partial charge is 0.510 e. The van der Waals surface area contributed by atoms with Crippen molar-refractivity contribution in [1.82, 2.24) is 14.1 Å². The third-order valence-electron chi connectivity index (χ3n) is 17.3. The van der Waals surface area contributed by atoms with Crippen molar-refractivity contribution < 1.29 is 82.5 Å². The number of para-hydroxylation sites is 3. The van der Waals surface area contributed by atoms with E-state index in [0.29, 0.717) is 11.3 Å². The fourth-order valence-electron chi connectivity index (χ4n) is 12.9. The molecule has 0 N–H and O–H groups in total. The van der Waals surface area contributed by atoms with E-state index in [1.807, 2.05) is 47.0 Å². The predicted molar refractivity (Wildman–Crippen MR) is 367 cm³/mol. The van der Waals surface area contributed by atoms with Crippen LogP contribution in [-0.4, -0.2) is 22.2 Å². The molecule has 0 spiro atoms. The first-order valence-corrected chi connectivity index (χ1v) is 30.6. The van der Waals surface area contributed by atoms with Crippen molar-refractivity contribution in [2.45, 2.75) is 102 Å². The van der Waals surface area contributed by atoms with Crippen LogP contribution in [0.25, 0.3) is 72.3 Å². The molecule has 4 aliphatic rings. The minimum Gasteiger partial charge on any atom is -0.510 e. The zero-order chi connectivity index (χ0) is 93.2. The van der Waals surface area contributed by atoms with Gasteiger partial charge >= 0.3 is 0 Å². The Balaban J connectivity index is 0.0000126. The van der Waals surface area contributed by atoms with E-state index in [1.54, 1.807) is 30.5 Å². The molecule has 3 saturated carbocycles. The van der Waals surface area contributed by atoms with Crippen LogP contribution < -0.4 is 30.1 Å². The molecule has 446 valence electrons. The second-order valence-electron chi connectivity index (χ2n) is 23.8. The second kappa shape index (κ2) is 21.8. The number of imidazole rings is 1. The monoisotopic (exact) mass is 1400 g/mol. The Kier molecular flexibility index (Phi) is 7.14. The van der Waals surface area contributed by atoms with Crippen LogP contribution in [0.3, 0.4) is 0 Å². The van der Waals surface area contributed by atoms with Crippen LogP contribution in [0.2, 0.25) is 0 Å². The molecule has 0 saturated heterocycles. The van der Waals surface area contributed by atoms with Crippen LogP contribution in [0.4, 0.5) is 0 Å². The Morgan fingerprint density at radius 1 is 0.611 bits per heavy atom. The number of fused-ring (bicyclic) bond motifs is 5. The molecule has 0 unspecified atom stereocenters. The Morgan fingerprint density at radius 3 is 1.89 bits per heavy atom. The SMILES string of the molecule is [2H]c1c([2H])c([2H])c([Si](c2c([2H])c([2H])c([2H])c([2H])c2[2H])(c2c([2H])c([2H])c([2H])c([2H])c2[2H])c2c([2H])c([2H])c([2H])c(-c3cc(C45CC(C4)C5)cc(-c4c([2H])c([2H])c5c(c4[2H])C(C([2H])([2H])[2H])(C([2H])([2H])[2H])C([2H])([2H])C([2H])([2H])C5(C([2H])([2H])[2H])C([2H])([2H])[2H])c3-[n+]3[c-]n(-c4[c-]c(Oc5[c-]c6c(cc5)c5ccccc5n6-c5cc(C(C)(C)C)ccn5)ccc4)c4ccccc43)c2[2H])c([2H])c1[2H].[Pt]. The standard InChI is InChI=1S/C83H72N4OSi.Pt/c1-80(2,3)59-41-44-84-78(49-59)87-74-34-18-17-33-68(74)69-39-38-63(51-77(69)87)88-62-25-22-24-61(50-62)85-55-86(76-36-20-19-35-75(76)85)79-70(47-60(83-52-56(53-83)54-83)48-71(79)58-37-40-72-73(46-58)82(6,7)43-42-81(72,4)5)57-23-21-32-67(45-57)89(64-26-11-8-12-27-64,65-28-13-9-14-29-65)66-30-15-10-16-31-66;/h8-41,44-49,56H,42-43,52-54H2,1-7H3;/q-2;/i4D3,5D3,6D3,7D3,8D,9D,10D,11D,12D,13D,14D,15D,16D,21D,23D,26D,27D,28D,29D,30D,31D,32D,37D,40D,42D2,43D2,45D,46D;. The zero-order valence-electron chi connectivity index (χ0n) is 86.1. The number of pyridine rings is 1. The normalized spacial score (nSPS) is 25.0. The maximum Gasteiger partial charge on any atom is 0.268 e. The molecule has 10 aromatic carbocycles. The van der Waals surface area contributed by atoms with Crippen LogP contribution in [0, 0.1) is 24.4 Å². The number of benzene rings is 10. The van der Waals surface area contributed by atoms with Gasteiger partial charge in [-0.15, -0.1) is 29.7 Å². The van der Waals surface area contributed by atoms with Gasteiger partial charge in [-0.05, 0) is 154 Å². The van der Waals surface area contributed by atoms with E-state index in [9.17, 15) is 39.8 Å². The third-order valence-corrected chi connectivity index (χ3v) is 21.3. The van der Waals surface area contributed by atoms with Crippen molar-refractivity contribution in [2.75, 3.05) is 0 Å². The topological polar surface area (TPSA) is 35.9 Å². The molecule has 0 atom stereocenters. The smallest absolute Gasteiger partial charge is 0.268 e. The number of hydrogen-bond donors (Lipinski definition) is 0. The van der Waals surface area contributed by atoms with Gasteiger partial charge in [0.2, 0.25) is 0 Å². The van der Waals surface area contributed by atoms with Crippen molar-refractivity contribution in [2.24, 2.45) is 5.92 Å². The Morgan fingerprint density at radius 2 is 1.23 bits per heavy atom. The second-order valence-corrected chi connectivity index (χ2v) is 27.3. The molecule has 0 radical (unpaired) electrons. The molecule has 17 rings (SSSR count). The van der Waals surface area contributed by atoms with Crippen molar-refractivity contribution in [1.29, 1.82) is 0 Å². The van der Waals surface area contributed by atoms with E-state index in [0.717, 1.165) is 26.4 Å². The molecule has 3 heterocycles. The van der Waals surface area contributed by atoms with Crippen molar-refractivity contribution in [3.8, 4) is 50.9 Å². The minimum absolute atomic E-state index is 0. The summed E-state index contributed by atoms with van der Waals surface area (Å²) < 4.78 is 377. The first-order valence-electron chi connectivity index (χ1n) is 47.6. The van der Waals surface area contributed by atoms with Gasteiger partial charge in [0.15, 0.2) is 8.07 Å². The summed E-state index contributed by atoms with van der Waals surface area (Å²) in [7, 11) is -6.74. The average molecular weight is 1400 g/mol. The summed E-state index contributed by atoms with van der Waals surface area (Å²) in [4.78, 5) is 4.79. The van der Waals surface area contributed by atoms with E-state index in [-0.39, 0.29) is 85.4 Å². The van der Waals surface area contributed by atoms with E-state index < -0.39 is 257 Å². The van der Waals surface area contributed by atoms with E-state index >= 15 is 0 Å². The molecule has 90 heavy (non-hydrogen) atoms. The van der Waals surface area contributed by atoms with Gasteiger partial charge in [-0.1, -0.05) is 241 Å². The fourth-order valence-corrected chi connectivity index (χ4v) is 16.4. The van der Waals surface area contributed by atoms with Gasteiger partial charge in [0.1, 0.15) is 5.82 Å². The van der Waals surface area contributed by atoms with E-state index in [1.165, 1.54) is 41.0 Å². The fraction of sp³-hybridized carbons (Fsp3) is 0.205. The molecule has 13 aromatic rings. The summed E-state index contributed by atoms with van der Waals surface area (Å²) in [5.74, 6) is 0.682. The summed E-state index contributed by atoms with van der Waals surface area (Å²) in [5.41, 5.74) is -16.4. The van der Waals surface area contributed by atoms with Crippen LogP contribution in [-0.2, 0) is 42.7 Å². The molecular weight excluding hydrogens is 1290 g/mol. The number of ether oxygens (including phenoxy) is 1. The van der Waals surface area contributed by atoms with Crippen LogP contribution in [0.15, 0.2) is 242 Å². The average Bonchev–Trinajstić information content (AvgIpc) is 0.686. The minimum atomic E-state index is -6.74. The quantitative estimate of drug-likeness (QED) is 0.0529. The van der Waals surface area contributed by atoms with Crippen LogP contribution in [0.1, 0.15) is 155 Å². The van der Waals surface area contributed by atoms with Crippen LogP contribution in [0.5, 0.6) is 11.5 Å². The Bertz CT molecular complexity index is 6680. The maximum atomic E-state index is 11.3. The number of rotatable bonds is 12. The first-order chi connectivity index (χ1) is 58.8. The van der Waals surface area contributed by atoms with Gasteiger partial charge in [-0.3, -0.25) is 4.57 Å². The number of nitrogens with zero attached hydrogens (tertiary/aromatic N) is 4. The van der Waals surface area contributed by atoms with Gasteiger partial charge in [0.05, 0.1) is 46.9 Å².